The van der Waals surface area contributed by atoms with Crippen LogP contribution in [0, 0.1) is 0 Å². The Hall–Kier alpha value is -1.97. The Morgan fingerprint density at radius 3 is 2.70 bits per heavy atom. The summed E-state index contributed by atoms with van der Waals surface area (Å²) in [5.74, 6) is 0.748. The van der Waals surface area contributed by atoms with E-state index in [1.54, 1.807) is 20.0 Å². The van der Waals surface area contributed by atoms with Crippen molar-refractivity contribution in [3.8, 4) is 0 Å². The number of nitrogens with one attached hydrogen (secondary N) is 1. The van der Waals surface area contributed by atoms with Crippen molar-refractivity contribution < 1.29 is 9.84 Å². The van der Waals surface area contributed by atoms with Gasteiger partial charge in [0.1, 0.15) is 5.17 Å². The Morgan fingerprint density at radius 2 is 2.09 bits per heavy atom. The monoisotopic (exact) mass is 492 g/mol. The van der Waals surface area contributed by atoms with E-state index in [1.165, 1.54) is 6.20 Å². The number of hydrogen-bond acceptors (Lipinski definition) is 8. The van der Waals surface area contributed by atoms with Crippen LogP contribution in [-0.2, 0) is 4.74 Å². The minimum absolute atomic E-state index is 0.137. The predicted octanol–water partition coefficient (Wildman–Crippen LogP) is 3.48. The summed E-state index contributed by atoms with van der Waals surface area (Å²) < 4.78 is 5.34. The summed E-state index contributed by atoms with van der Waals surface area (Å²) in [6, 6.07) is 4.57. The molecule has 2 fully saturated rings. The molecule has 0 amide bonds. The fourth-order valence-electron chi connectivity index (χ4n) is 4.08. The van der Waals surface area contributed by atoms with Gasteiger partial charge >= 0.3 is 0 Å². The molecule has 2 aliphatic rings. The number of nitrogens with two attached hydrogens (primary N) is 1. The van der Waals surface area contributed by atoms with Gasteiger partial charge in [-0.2, -0.15) is 0 Å². The first-order valence-corrected chi connectivity index (χ1v) is 11.9. The minimum atomic E-state index is -0.975. The number of halogens is 2. The average molecular weight is 493 g/mol. The zero-order valence-corrected chi connectivity index (χ0v) is 20.4. The SMILES string of the molecule is CC(C)(O)CN=C(Cl)C(=CN)Nc1ncc2cc(Cl)c(C3CCN(C4COC4)CC3)cc2n1. The second kappa shape index (κ2) is 10.1. The van der Waals surface area contributed by atoms with Gasteiger partial charge in [0.2, 0.25) is 5.95 Å². The predicted molar refractivity (Wildman–Crippen MR) is 133 cm³/mol. The number of anilines is 1. The topological polar surface area (TPSA) is 109 Å². The van der Waals surface area contributed by atoms with E-state index < -0.39 is 5.60 Å². The lowest BCUT2D eigenvalue weighted by atomic mass is 9.88. The van der Waals surface area contributed by atoms with Gasteiger partial charge in [-0.1, -0.05) is 23.2 Å². The van der Waals surface area contributed by atoms with E-state index in [1.807, 2.05) is 6.07 Å². The Labute approximate surface area is 203 Å². The maximum atomic E-state index is 9.86. The molecule has 0 atom stereocenters. The van der Waals surface area contributed by atoms with Crippen molar-refractivity contribution in [1.82, 2.24) is 14.9 Å². The molecule has 1 aromatic carbocycles. The highest BCUT2D eigenvalue weighted by atomic mass is 35.5. The van der Waals surface area contributed by atoms with Crippen LogP contribution < -0.4 is 11.1 Å². The van der Waals surface area contributed by atoms with Crippen LogP contribution in [0.3, 0.4) is 0 Å². The van der Waals surface area contributed by atoms with Crippen molar-refractivity contribution in [3.05, 3.63) is 40.8 Å². The van der Waals surface area contributed by atoms with Gasteiger partial charge in [-0.05, 0) is 63.4 Å². The first-order chi connectivity index (χ1) is 15.7. The summed E-state index contributed by atoms with van der Waals surface area (Å²) in [7, 11) is 0. The Bertz CT molecular complexity index is 1060. The van der Waals surface area contributed by atoms with Gasteiger partial charge in [0.05, 0.1) is 42.6 Å². The lowest BCUT2D eigenvalue weighted by Gasteiger charge is -2.41. The van der Waals surface area contributed by atoms with Gasteiger partial charge in [-0.3, -0.25) is 9.89 Å². The summed E-state index contributed by atoms with van der Waals surface area (Å²) in [4.78, 5) is 15.7. The molecule has 4 N–H and O–H groups in total. The molecular formula is C23H30Cl2N6O2. The number of benzene rings is 1. The van der Waals surface area contributed by atoms with Gasteiger partial charge < -0.3 is 20.9 Å². The molecule has 2 aliphatic heterocycles. The summed E-state index contributed by atoms with van der Waals surface area (Å²) in [6.45, 7) is 7.24. The maximum absolute atomic E-state index is 9.86. The molecule has 4 rings (SSSR count). The molecule has 2 saturated heterocycles. The van der Waals surface area contributed by atoms with Crippen molar-refractivity contribution in [2.24, 2.45) is 10.7 Å². The van der Waals surface area contributed by atoms with E-state index in [9.17, 15) is 5.11 Å². The maximum Gasteiger partial charge on any atom is 0.227 e. The molecule has 1 aromatic heterocycles. The van der Waals surface area contributed by atoms with E-state index in [4.69, 9.17) is 33.7 Å². The normalized spacial score (nSPS) is 19.7. The van der Waals surface area contributed by atoms with Gasteiger partial charge in [-0.15, -0.1) is 0 Å². The first kappa shape index (κ1) is 24.2. The molecule has 0 spiro atoms. The van der Waals surface area contributed by atoms with Crippen molar-refractivity contribution >= 4 is 45.2 Å². The number of allylic oxidation sites excluding steroid dienone is 1. The van der Waals surface area contributed by atoms with E-state index >= 15 is 0 Å². The van der Waals surface area contributed by atoms with Gasteiger partial charge in [0.15, 0.2) is 0 Å². The van der Waals surface area contributed by atoms with Crippen LogP contribution in [0.25, 0.3) is 10.9 Å². The lowest BCUT2D eigenvalue weighted by molar-refractivity contribution is -0.0712. The molecule has 10 heteroatoms. The standard InChI is InChI=1S/C23H30Cl2N6O2/c1-23(2,32)13-28-21(25)20(9-26)30-22-27-10-15-7-18(24)17(8-19(15)29-22)14-3-5-31(6-4-14)16-11-33-12-16/h7-10,14,16,32H,3-6,11-13,26H2,1-2H3,(H,27,29,30). The third-order valence-electron chi connectivity index (χ3n) is 6.04. The quantitative estimate of drug-likeness (QED) is 0.507. The Kier molecular flexibility index (Phi) is 7.40. The molecule has 0 aliphatic carbocycles. The van der Waals surface area contributed by atoms with Crippen molar-refractivity contribution in [2.45, 2.75) is 44.2 Å². The van der Waals surface area contributed by atoms with Crippen LogP contribution in [0.15, 0.2) is 35.2 Å². The molecule has 0 saturated carbocycles. The number of rotatable bonds is 7. The second-order valence-corrected chi connectivity index (χ2v) is 10.0. The number of fused-ring (bicyclic) bond motifs is 1. The summed E-state index contributed by atoms with van der Waals surface area (Å²) in [5, 5.41) is 14.6. The number of ether oxygens (including phenoxy) is 1. The summed E-state index contributed by atoms with van der Waals surface area (Å²) in [6.07, 6.45) is 5.14. The number of aliphatic imine (C=N–C) groups is 1. The largest absolute Gasteiger partial charge is 0.403 e. The molecule has 0 bridgehead atoms. The number of hydrogen-bond donors (Lipinski definition) is 3. The number of aliphatic hydroxyl groups is 1. The zero-order chi connectivity index (χ0) is 23.6. The third-order valence-corrected chi connectivity index (χ3v) is 6.70. The summed E-state index contributed by atoms with van der Waals surface area (Å²) >= 11 is 12.9. The molecule has 178 valence electrons. The molecule has 33 heavy (non-hydrogen) atoms. The average Bonchev–Trinajstić information content (AvgIpc) is 2.74. The minimum Gasteiger partial charge on any atom is -0.403 e. The fourth-order valence-corrected chi connectivity index (χ4v) is 4.58. The van der Waals surface area contributed by atoms with E-state index in [2.05, 4.69) is 31.2 Å². The van der Waals surface area contributed by atoms with Crippen LogP contribution in [-0.4, -0.2) is 69.6 Å². The van der Waals surface area contributed by atoms with Crippen LogP contribution in [0.1, 0.15) is 38.2 Å². The van der Waals surface area contributed by atoms with Gasteiger partial charge in [-0.25, -0.2) is 9.97 Å². The second-order valence-electron chi connectivity index (χ2n) is 9.25. The van der Waals surface area contributed by atoms with E-state index in [0.717, 1.165) is 60.6 Å². The molecule has 3 heterocycles. The number of likely N-dealkylation sites (tertiary alicyclic amines) is 1. The molecule has 0 radical (unpaired) electrons. The first-order valence-electron chi connectivity index (χ1n) is 11.1. The highest BCUT2D eigenvalue weighted by Gasteiger charge is 2.30. The molecule has 8 nitrogen and oxygen atoms in total. The highest BCUT2D eigenvalue weighted by molar-refractivity contribution is 6.69. The summed E-state index contributed by atoms with van der Waals surface area (Å²) in [5.41, 5.74) is 7.03. The molecule has 0 unspecified atom stereocenters. The van der Waals surface area contributed by atoms with Crippen molar-refractivity contribution in [1.29, 1.82) is 0 Å². The molecular weight excluding hydrogens is 463 g/mol. The van der Waals surface area contributed by atoms with Crippen LogP contribution in [0.2, 0.25) is 5.02 Å². The Balaban J connectivity index is 1.50. The third kappa shape index (κ3) is 5.94. The number of piperidine rings is 1. The number of aromatic nitrogens is 2. The number of nitrogens with zero attached hydrogens (tertiary/aromatic N) is 4. The van der Waals surface area contributed by atoms with E-state index in [0.29, 0.717) is 23.6 Å². The van der Waals surface area contributed by atoms with Crippen LogP contribution in [0.4, 0.5) is 5.95 Å². The van der Waals surface area contributed by atoms with Crippen molar-refractivity contribution in [2.75, 3.05) is 38.2 Å². The smallest absolute Gasteiger partial charge is 0.227 e. The van der Waals surface area contributed by atoms with Crippen LogP contribution >= 0.6 is 23.2 Å². The Morgan fingerprint density at radius 1 is 1.36 bits per heavy atom. The van der Waals surface area contributed by atoms with Gasteiger partial charge in [0.25, 0.3) is 0 Å². The highest BCUT2D eigenvalue weighted by Crippen LogP contribution is 2.36. The molecule has 2 aromatic rings. The van der Waals surface area contributed by atoms with Crippen molar-refractivity contribution in [3.63, 3.8) is 0 Å². The van der Waals surface area contributed by atoms with Crippen LogP contribution in [0.5, 0.6) is 0 Å². The van der Waals surface area contributed by atoms with E-state index in [-0.39, 0.29) is 11.7 Å². The lowest BCUT2D eigenvalue weighted by Crippen LogP contribution is -2.51. The zero-order valence-electron chi connectivity index (χ0n) is 18.9. The fraction of sp³-hybridized carbons (Fsp3) is 0.522. The van der Waals surface area contributed by atoms with Gasteiger partial charge in [0, 0.05) is 22.8 Å².